The van der Waals surface area contributed by atoms with Crippen LogP contribution in [0, 0.1) is 10.1 Å². The van der Waals surface area contributed by atoms with Crippen LogP contribution in [0.2, 0.25) is 0 Å². The molecule has 0 spiro atoms. The predicted octanol–water partition coefficient (Wildman–Crippen LogP) is 7.01. The first-order chi connectivity index (χ1) is 19.3. The first-order valence-corrected chi connectivity index (χ1v) is 13.9. The van der Waals surface area contributed by atoms with Crippen LogP contribution in [-0.2, 0) is 20.9 Å². The number of carbonyl (C=O) groups excluding carboxylic acids is 2. The zero-order chi connectivity index (χ0) is 28.9. The molecule has 0 radical (unpaired) electrons. The van der Waals surface area contributed by atoms with Gasteiger partial charge in [-0.05, 0) is 43.4 Å². The number of carbonyl (C=O) groups is 2. The maximum absolute atomic E-state index is 13.4. The van der Waals surface area contributed by atoms with Gasteiger partial charge >= 0.3 is 5.97 Å². The van der Waals surface area contributed by atoms with Crippen molar-refractivity contribution < 1.29 is 24.3 Å². The molecule has 1 N–H and O–H groups in total. The van der Waals surface area contributed by atoms with Gasteiger partial charge in [-0.15, -0.1) is 10.1 Å². The van der Waals surface area contributed by atoms with E-state index in [4.69, 9.17) is 4.74 Å². The van der Waals surface area contributed by atoms with E-state index < -0.39 is 11.2 Å². The number of unbranched alkanes of at least 4 members (excludes halogenated alkanes) is 3. The van der Waals surface area contributed by atoms with Crippen LogP contribution in [0.3, 0.4) is 0 Å². The van der Waals surface area contributed by atoms with Gasteiger partial charge in [-0.3, -0.25) is 9.59 Å². The molecule has 9 heteroatoms. The molecule has 0 aliphatic heterocycles. The molecule has 1 heterocycles. The zero-order valence-electron chi connectivity index (χ0n) is 23.5. The predicted molar refractivity (Wildman–Crippen MR) is 155 cm³/mol. The Hall–Kier alpha value is -4.14. The van der Waals surface area contributed by atoms with Crippen LogP contribution in [0.4, 0.5) is 5.69 Å². The van der Waals surface area contributed by atoms with Crippen molar-refractivity contribution >= 4 is 17.6 Å². The lowest BCUT2D eigenvalue weighted by atomic mass is 9.96. The second-order valence-electron chi connectivity index (χ2n) is 10.2. The number of esters is 1. The molecule has 0 aliphatic rings. The Balaban J connectivity index is 1.58. The van der Waals surface area contributed by atoms with Crippen molar-refractivity contribution in [2.24, 2.45) is 0 Å². The molecule has 1 atom stereocenters. The van der Waals surface area contributed by atoms with Gasteiger partial charge in [0.15, 0.2) is 0 Å². The fourth-order valence-corrected chi connectivity index (χ4v) is 4.69. The lowest BCUT2D eigenvalue weighted by Gasteiger charge is -2.15. The molecule has 0 saturated carbocycles. The number of benzene rings is 2. The number of ether oxygens (including phenoxy) is 1. The zero-order valence-corrected chi connectivity index (χ0v) is 23.5. The highest BCUT2D eigenvalue weighted by molar-refractivity contribution is 6.09. The van der Waals surface area contributed by atoms with Gasteiger partial charge in [0.25, 0.3) is 11.0 Å². The molecule has 3 aromatic rings. The van der Waals surface area contributed by atoms with Crippen LogP contribution in [0.25, 0.3) is 11.1 Å². The smallest absolute Gasteiger partial charge is 0.305 e. The van der Waals surface area contributed by atoms with Crippen molar-refractivity contribution in [3.05, 3.63) is 88.2 Å². The van der Waals surface area contributed by atoms with Crippen molar-refractivity contribution in [3.63, 3.8) is 0 Å². The number of rotatable bonds is 16. The van der Waals surface area contributed by atoms with Gasteiger partial charge in [0, 0.05) is 42.5 Å². The number of aromatic nitrogens is 1. The van der Waals surface area contributed by atoms with Crippen molar-refractivity contribution in [3.8, 4) is 11.1 Å². The molecule has 1 unspecified atom stereocenters. The number of hydrogen-bond acceptors (Lipinski definition) is 6. The molecule has 1 amide bonds. The minimum absolute atomic E-state index is 0.101. The summed E-state index contributed by atoms with van der Waals surface area (Å²) in [5.74, 6) is -0.229. The SMILES string of the molecule is CC(CCOC(=O)CCCCCCn1cc(C(=O)Nc2ccccc2)c(-c2ccccc2)c1C(C)C)O[N+](=O)[O-]. The average Bonchev–Trinajstić information content (AvgIpc) is 3.31. The molecule has 0 bridgehead atoms. The van der Waals surface area contributed by atoms with Gasteiger partial charge in [-0.1, -0.05) is 75.2 Å². The standard InChI is InChI=1S/C31H39N3O6/c1-23(2)30-29(25-14-8-6-9-15-25)27(31(36)32-26-16-10-7-11-17-26)22-33(30)20-13-5-4-12-18-28(35)39-21-19-24(3)40-34(37)38/h6-11,14-17,22-24H,4-5,12-13,18-21H2,1-3H3,(H,32,36). The highest BCUT2D eigenvalue weighted by Gasteiger charge is 2.24. The monoisotopic (exact) mass is 549 g/mol. The molecular weight excluding hydrogens is 510 g/mol. The van der Waals surface area contributed by atoms with E-state index in [9.17, 15) is 19.7 Å². The van der Waals surface area contributed by atoms with E-state index in [0.29, 0.717) is 18.4 Å². The summed E-state index contributed by atoms with van der Waals surface area (Å²) in [4.78, 5) is 40.1. The second-order valence-corrected chi connectivity index (χ2v) is 10.2. The maximum Gasteiger partial charge on any atom is 0.305 e. The first kappa shape index (κ1) is 30.4. The van der Waals surface area contributed by atoms with E-state index >= 15 is 0 Å². The largest absolute Gasteiger partial charge is 0.466 e. The third-order valence-electron chi connectivity index (χ3n) is 6.59. The molecule has 2 aromatic carbocycles. The van der Waals surface area contributed by atoms with E-state index in [-0.39, 0.29) is 30.8 Å². The molecule has 0 saturated heterocycles. The summed E-state index contributed by atoms with van der Waals surface area (Å²) < 4.78 is 7.36. The van der Waals surface area contributed by atoms with Gasteiger partial charge in [0.2, 0.25) is 0 Å². The molecule has 3 rings (SSSR count). The van der Waals surface area contributed by atoms with Crippen LogP contribution in [-0.4, -0.2) is 34.2 Å². The van der Waals surface area contributed by atoms with E-state index in [1.807, 2.05) is 66.9 Å². The molecular formula is C31H39N3O6. The van der Waals surface area contributed by atoms with Crippen molar-refractivity contribution in [1.82, 2.24) is 4.57 Å². The Morgan fingerprint density at radius 3 is 2.25 bits per heavy atom. The van der Waals surface area contributed by atoms with Gasteiger partial charge in [0.05, 0.1) is 12.2 Å². The van der Waals surface area contributed by atoms with Gasteiger partial charge in [0.1, 0.15) is 6.10 Å². The third-order valence-corrected chi connectivity index (χ3v) is 6.59. The number of anilines is 1. The molecule has 1 aromatic heterocycles. The van der Waals surface area contributed by atoms with Crippen LogP contribution < -0.4 is 5.32 Å². The van der Waals surface area contributed by atoms with Crippen molar-refractivity contribution in [1.29, 1.82) is 0 Å². The van der Waals surface area contributed by atoms with Gasteiger partial charge in [-0.2, -0.15) is 0 Å². The fraction of sp³-hybridized carbons (Fsp3) is 0.419. The minimum Gasteiger partial charge on any atom is -0.466 e. The Morgan fingerprint density at radius 1 is 0.950 bits per heavy atom. The number of amides is 1. The summed E-state index contributed by atoms with van der Waals surface area (Å²) in [5.41, 5.74) is 4.51. The number of aryl methyl sites for hydroxylation is 1. The van der Waals surface area contributed by atoms with Crippen molar-refractivity contribution in [2.75, 3.05) is 11.9 Å². The van der Waals surface area contributed by atoms with E-state index in [0.717, 1.165) is 48.3 Å². The summed E-state index contributed by atoms with van der Waals surface area (Å²) in [6.45, 7) is 6.72. The number of hydrogen-bond donors (Lipinski definition) is 1. The Labute approximate surface area is 235 Å². The Kier molecular flexibility index (Phi) is 11.7. The molecule has 9 nitrogen and oxygen atoms in total. The van der Waals surface area contributed by atoms with Gasteiger partial charge in [-0.25, -0.2) is 0 Å². The normalized spacial score (nSPS) is 11.7. The number of nitrogens with zero attached hydrogens (tertiary/aromatic N) is 2. The Morgan fingerprint density at radius 2 is 1.60 bits per heavy atom. The van der Waals surface area contributed by atoms with Crippen LogP contribution in [0.1, 0.15) is 81.3 Å². The Bertz CT molecular complexity index is 1240. The molecule has 40 heavy (non-hydrogen) atoms. The lowest BCUT2D eigenvalue weighted by molar-refractivity contribution is -0.767. The fourth-order valence-electron chi connectivity index (χ4n) is 4.69. The molecule has 214 valence electrons. The highest BCUT2D eigenvalue weighted by Crippen LogP contribution is 2.35. The quantitative estimate of drug-likeness (QED) is 0.0890. The van der Waals surface area contributed by atoms with E-state index in [1.165, 1.54) is 0 Å². The van der Waals surface area contributed by atoms with E-state index in [2.05, 4.69) is 28.6 Å². The highest BCUT2D eigenvalue weighted by atomic mass is 17.0. The molecule has 0 aliphatic carbocycles. The molecule has 0 fully saturated rings. The summed E-state index contributed by atoms with van der Waals surface area (Å²) in [6.07, 6.45) is 5.38. The summed E-state index contributed by atoms with van der Waals surface area (Å²) >= 11 is 0. The van der Waals surface area contributed by atoms with Crippen LogP contribution >= 0.6 is 0 Å². The van der Waals surface area contributed by atoms with Crippen LogP contribution in [0.5, 0.6) is 0 Å². The lowest BCUT2D eigenvalue weighted by Crippen LogP contribution is -2.17. The summed E-state index contributed by atoms with van der Waals surface area (Å²) in [6, 6.07) is 19.5. The third kappa shape index (κ3) is 9.25. The first-order valence-electron chi connectivity index (χ1n) is 13.9. The minimum atomic E-state index is -0.840. The van der Waals surface area contributed by atoms with E-state index in [1.54, 1.807) is 6.92 Å². The number of nitrogens with one attached hydrogen (secondary N) is 1. The second kappa shape index (κ2) is 15.5. The maximum atomic E-state index is 13.4. The topological polar surface area (TPSA) is 113 Å². The summed E-state index contributed by atoms with van der Waals surface area (Å²) in [7, 11) is 0. The average molecular weight is 550 g/mol. The van der Waals surface area contributed by atoms with Crippen LogP contribution in [0.15, 0.2) is 66.9 Å². The summed E-state index contributed by atoms with van der Waals surface area (Å²) in [5, 5.41) is 12.5. The van der Waals surface area contributed by atoms with Crippen molar-refractivity contribution in [2.45, 2.75) is 77.9 Å². The van der Waals surface area contributed by atoms with Gasteiger partial charge < -0.3 is 19.5 Å². The number of para-hydroxylation sites is 1.